The van der Waals surface area contributed by atoms with Gasteiger partial charge in [0, 0.05) is 34.4 Å². The first-order valence-corrected chi connectivity index (χ1v) is 9.81. The lowest BCUT2D eigenvalue weighted by Gasteiger charge is -2.13. The standard InChI is InChI=1S/C24H19ClN2O3/c1-15-11-22-19(13-20(15)25)16(12-23(28)30-22)14-26-21-10-6-5-9-18(21)24(29)27-17-7-3-2-4-8-17/h2-13,26H,14H2,1H3,(H,27,29). The fourth-order valence-corrected chi connectivity index (χ4v) is 3.40. The zero-order valence-electron chi connectivity index (χ0n) is 16.2. The van der Waals surface area contributed by atoms with E-state index in [9.17, 15) is 9.59 Å². The quantitative estimate of drug-likeness (QED) is 0.413. The third-order valence-corrected chi connectivity index (χ3v) is 5.19. The smallest absolute Gasteiger partial charge is 0.336 e. The second-order valence-corrected chi connectivity index (χ2v) is 7.31. The molecule has 5 nitrogen and oxygen atoms in total. The van der Waals surface area contributed by atoms with Crippen LogP contribution in [0, 0.1) is 6.92 Å². The van der Waals surface area contributed by atoms with Crippen molar-refractivity contribution in [2.24, 2.45) is 0 Å². The number of hydrogen-bond acceptors (Lipinski definition) is 4. The lowest BCUT2D eigenvalue weighted by atomic mass is 10.1. The van der Waals surface area contributed by atoms with Crippen LogP contribution in [0.4, 0.5) is 11.4 Å². The third-order valence-electron chi connectivity index (χ3n) is 4.78. The van der Waals surface area contributed by atoms with Crippen LogP contribution in [0.15, 0.2) is 82.0 Å². The summed E-state index contributed by atoms with van der Waals surface area (Å²) in [7, 11) is 0. The van der Waals surface area contributed by atoms with E-state index < -0.39 is 5.63 Å². The van der Waals surface area contributed by atoms with Crippen molar-refractivity contribution in [3.05, 3.63) is 105 Å². The molecule has 150 valence electrons. The number of para-hydroxylation sites is 2. The van der Waals surface area contributed by atoms with Crippen LogP contribution >= 0.6 is 11.6 Å². The Morgan fingerprint density at radius 1 is 1.00 bits per heavy atom. The Labute approximate surface area is 178 Å². The molecular formula is C24H19ClN2O3. The summed E-state index contributed by atoms with van der Waals surface area (Å²) in [6.07, 6.45) is 0. The van der Waals surface area contributed by atoms with Crippen molar-refractivity contribution in [1.29, 1.82) is 0 Å². The first-order valence-electron chi connectivity index (χ1n) is 9.43. The largest absolute Gasteiger partial charge is 0.423 e. The van der Waals surface area contributed by atoms with Gasteiger partial charge in [-0.25, -0.2) is 4.79 Å². The normalized spacial score (nSPS) is 10.7. The Morgan fingerprint density at radius 3 is 2.53 bits per heavy atom. The van der Waals surface area contributed by atoms with Crippen LogP contribution in [0.1, 0.15) is 21.5 Å². The molecule has 30 heavy (non-hydrogen) atoms. The summed E-state index contributed by atoms with van der Waals surface area (Å²) < 4.78 is 5.31. The van der Waals surface area contributed by atoms with Crippen molar-refractivity contribution >= 4 is 39.9 Å². The zero-order chi connectivity index (χ0) is 21.1. The number of amides is 1. The van der Waals surface area contributed by atoms with E-state index in [1.165, 1.54) is 6.07 Å². The fraction of sp³-hybridized carbons (Fsp3) is 0.0833. The molecule has 0 saturated carbocycles. The van der Waals surface area contributed by atoms with Crippen LogP contribution in [-0.2, 0) is 6.54 Å². The van der Waals surface area contributed by atoms with Gasteiger partial charge in [0.05, 0.1) is 5.56 Å². The third kappa shape index (κ3) is 4.21. The van der Waals surface area contributed by atoms with Gasteiger partial charge in [-0.15, -0.1) is 0 Å². The number of fused-ring (bicyclic) bond motifs is 1. The summed E-state index contributed by atoms with van der Waals surface area (Å²) in [6.45, 7) is 2.19. The molecule has 0 spiro atoms. The Balaban J connectivity index is 1.61. The maximum atomic E-state index is 12.8. The molecule has 0 atom stereocenters. The maximum Gasteiger partial charge on any atom is 0.336 e. The number of rotatable bonds is 5. The van der Waals surface area contributed by atoms with Crippen LogP contribution in [0.3, 0.4) is 0 Å². The minimum Gasteiger partial charge on any atom is -0.423 e. The van der Waals surface area contributed by atoms with E-state index in [4.69, 9.17) is 16.0 Å². The lowest BCUT2D eigenvalue weighted by Crippen LogP contribution is -2.15. The summed E-state index contributed by atoms with van der Waals surface area (Å²) in [5.74, 6) is -0.222. The molecule has 1 heterocycles. The number of nitrogens with one attached hydrogen (secondary N) is 2. The van der Waals surface area contributed by atoms with E-state index in [0.717, 1.165) is 16.5 Å². The van der Waals surface area contributed by atoms with E-state index in [1.54, 1.807) is 24.3 Å². The van der Waals surface area contributed by atoms with Gasteiger partial charge in [-0.2, -0.15) is 0 Å². The second kappa shape index (κ2) is 8.43. The number of aryl methyl sites for hydroxylation is 1. The SMILES string of the molecule is Cc1cc2oc(=O)cc(CNc3ccccc3C(=O)Nc3ccccc3)c2cc1Cl. The summed E-state index contributed by atoms with van der Waals surface area (Å²) in [5.41, 5.74) is 3.50. The van der Waals surface area contributed by atoms with Crippen LogP contribution in [0.2, 0.25) is 5.02 Å². The summed E-state index contributed by atoms with van der Waals surface area (Å²) in [6, 6.07) is 21.5. The summed E-state index contributed by atoms with van der Waals surface area (Å²) >= 11 is 6.27. The molecule has 0 fully saturated rings. The summed E-state index contributed by atoms with van der Waals surface area (Å²) in [4.78, 5) is 24.8. The molecule has 4 rings (SSSR count). The van der Waals surface area contributed by atoms with Crippen molar-refractivity contribution in [3.8, 4) is 0 Å². The monoisotopic (exact) mass is 418 g/mol. The lowest BCUT2D eigenvalue weighted by molar-refractivity contribution is 0.102. The van der Waals surface area contributed by atoms with E-state index in [-0.39, 0.29) is 5.91 Å². The Kier molecular flexibility index (Phi) is 5.55. The van der Waals surface area contributed by atoms with Crippen molar-refractivity contribution in [1.82, 2.24) is 0 Å². The van der Waals surface area contributed by atoms with Gasteiger partial charge < -0.3 is 15.1 Å². The van der Waals surface area contributed by atoms with E-state index >= 15 is 0 Å². The highest BCUT2D eigenvalue weighted by Crippen LogP contribution is 2.26. The molecule has 0 bridgehead atoms. The Morgan fingerprint density at radius 2 is 1.73 bits per heavy atom. The molecule has 0 unspecified atom stereocenters. The van der Waals surface area contributed by atoms with Crippen LogP contribution < -0.4 is 16.3 Å². The average Bonchev–Trinajstić information content (AvgIpc) is 2.74. The number of carbonyl (C=O) groups excluding carboxylic acids is 1. The van der Waals surface area contributed by atoms with Gasteiger partial charge in [0.15, 0.2) is 0 Å². The number of carbonyl (C=O) groups is 1. The van der Waals surface area contributed by atoms with Crippen LogP contribution in [0.5, 0.6) is 0 Å². The molecule has 1 aromatic heterocycles. The van der Waals surface area contributed by atoms with Gasteiger partial charge in [0.1, 0.15) is 5.58 Å². The Bertz CT molecular complexity index is 1280. The van der Waals surface area contributed by atoms with Crippen molar-refractivity contribution in [2.45, 2.75) is 13.5 Å². The summed E-state index contributed by atoms with van der Waals surface area (Å²) in [5, 5.41) is 7.50. The van der Waals surface area contributed by atoms with Gasteiger partial charge in [-0.1, -0.05) is 41.9 Å². The molecule has 3 aromatic carbocycles. The zero-order valence-corrected chi connectivity index (χ0v) is 17.0. The molecule has 0 radical (unpaired) electrons. The van der Waals surface area contributed by atoms with Crippen molar-refractivity contribution < 1.29 is 9.21 Å². The topological polar surface area (TPSA) is 71.3 Å². The molecule has 0 saturated heterocycles. The predicted molar refractivity (Wildman–Crippen MR) is 120 cm³/mol. The maximum absolute atomic E-state index is 12.8. The van der Waals surface area contributed by atoms with Gasteiger partial charge in [0.2, 0.25) is 0 Å². The number of halogens is 1. The molecule has 0 aliphatic rings. The number of hydrogen-bond donors (Lipinski definition) is 2. The highest BCUT2D eigenvalue weighted by atomic mass is 35.5. The second-order valence-electron chi connectivity index (χ2n) is 6.91. The molecule has 4 aromatic rings. The highest BCUT2D eigenvalue weighted by molar-refractivity contribution is 6.32. The van der Waals surface area contributed by atoms with Gasteiger partial charge >= 0.3 is 5.63 Å². The molecule has 6 heteroatoms. The van der Waals surface area contributed by atoms with E-state index in [2.05, 4.69) is 10.6 Å². The fourth-order valence-electron chi connectivity index (χ4n) is 3.24. The average molecular weight is 419 g/mol. The molecule has 0 aliphatic carbocycles. The number of anilines is 2. The molecule has 2 N–H and O–H groups in total. The van der Waals surface area contributed by atoms with Crippen molar-refractivity contribution in [3.63, 3.8) is 0 Å². The van der Waals surface area contributed by atoms with Gasteiger partial charge in [-0.3, -0.25) is 4.79 Å². The van der Waals surface area contributed by atoms with Crippen molar-refractivity contribution in [2.75, 3.05) is 10.6 Å². The molecule has 0 aliphatic heterocycles. The predicted octanol–water partition coefficient (Wildman–Crippen LogP) is 5.62. The van der Waals surface area contributed by atoms with Gasteiger partial charge in [-0.05, 0) is 54.4 Å². The first kappa shape index (κ1) is 19.7. The molecule has 1 amide bonds. The van der Waals surface area contributed by atoms with E-state index in [1.807, 2.05) is 49.4 Å². The minimum absolute atomic E-state index is 0.222. The first-order chi connectivity index (χ1) is 14.5. The Hall–Kier alpha value is -3.57. The minimum atomic E-state index is -0.434. The van der Waals surface area contributed by atoms with E-state index in [0.29, 0.717) is 34.1 Å². The van der Waals surface area contributed by atoms with Crippen LogP contribution in [-0.4, -0.2) is 5.91 Å². The number of benzene rings is 3. The highest BCUT2D eigenvalue weighted by Gasteiger charge is 2.13. The van der Waals surface area contributed by atoms with Crippen LogP contribution in [0.25, 0.3) is 11.0 Å². The molecular weight excluding hydrogens is 400 g/mol. The van der Waals surface area contributed by atoms with Gasteiger partial charge in [0.25, 0.3) is 5.91 Å².